The van der Waals surface area contributed by atoms with E-state index in [4.69, 9.17) is 11.6 Å². The van der Waals surface area contributed by atoms with Gasteiger partial charge < -0.3 is 15.5 Å². The van der Waals surface area contributed by atoms with Crippen LogP contribution in [0, 0.1) is 0 Å². The van der Waals surface area contributed by atoms with E-state index >= 15 is 0 Å². The first-order valence-electron chi connectivity index (χ1n) is 8.14. The van der Waals surface area contributed by atoms with Crippen LogP contribution in [0.2, 0.25) is 5.02 Å². The van der Waals surface area contributed by atoms with Gasteiger partial charge >= 0.3 is 6.03 Å². The van der Waals surface area contributed by atoms with E-state index in [0.717, 1.165) is 29.1 Å². The second-order valence-corrected chi connectivity index (χ2v) is 6.59. The average Bonchev–Trinajstić information content (AvgIpc) is 2.96. The Labute approximate surface area is 152 Å². The Bertz CT molecular complexity index is 805. The first-order valence-corrected chi connectivity index (χ1v) is 8.52. The maximum absolute atomic E-state index is 12.3. The van der Waals surface area contributed by atoms with Gasteiger partial charge in [-0.1, -0.05) is 17.7 Å². The van der Waals surface area contributed by atoms with Crippen LogP contribution in [0.3, 0.4) is 0 Å². The predicted octanol–water partition coefficient (Wildman–Crippen LogP) is 4.13. The summed E-state index contributed by atoms with van der Waals surface area (Å²) in [4.78, 5) is 25.2. The highest BCUT2D eigenvalue weighted by Crippen LogP contribution is 2.32. The minimum atomic E-state index is -0.250. The molecule has 1 atom stereocenters. The third kappa shape index (κ3) is 3.94. The Kier molecular flexibility index (Phi) is 4.95. The molecule has 5 nitrogen and oxygen atoms in total. The van der Waals surface area contributed by atoms with Crippen molar-refractivity contribution in [1.29, 1.82) is 0 Å². The lowest BCUT2D eigenvalue weighted by molar-refractivity contribution is -0.116. The third-order valence-corrected chi connectivity index (χ3v) is 4.71. The molecule has 0 heterocycles. The van der Waals surface area contributed by atoms with Crippen LogP contribution < -0.4 is 15.5 Å². The predicted molar refractivity (Wildman–Crippen MR) is 100 cm³/mol. The summed E-state index contributed by atoms with van der Waals surface area (Å²) in [6.07, 6.45) is 1.78. The monoisotopic (exact) mass is 357 g/mol. The van der Waals surface area contributed by atoms with Crippen LogP contribution in [0.15, 0.2) is 42.5 Å². The molecule has 0 saturated carbocycles. The number of nitrogens with one attached hydrogen (secondary N) is 2. The third-order valence-electron chi connectivity index (χ3n) is 4.47. The first kappa shape index (κ1) is 17.3. The smallest absolute Gasteiger partial charge is 0.319 e. The summed E-state index contributed by atoms with van der Waals surface area (Å²) in [5, 5.41) is 6.55. The molecule has 1 unspecified atom stereocenters. The highest BCUT2D eigenvalue weighted by atomic mass is 35.5. The lowest BCUT2D eigenvalue weighted by Gasteiger charge is -2.17. The molecule has 0 aliphatic heterocycles. The van der Waals surface area contributed by atoms with E-state index in [-0.39, 0.29) is 18.0 Å². The van der Waals surface area contributed by atoms with Crippen LogP contribution in [0.1, 0.15) is 30.5 Å². The molecule has 1 aliphatic rings. The second-order valence-electron chi connectivity index (χ2n) is 6.16. The van der Waals surface area contributed by atoms with Gasteiger partial charge in [0, 0.05) is 30.4 Å². The summed E-state index contributed by atoms with van der Waals surface area (Å²) < 4.78 is 0. The molecule has 3 amide bonds. The maximum Gasteiger partial charge on any atom is 0.319 e. The molecule has 3 rings (SSSR count). The number of hydrogen-bond acceptors (Lipinski definition) is 2. The number of halogens is 1. The van der Waals surface area contributed by atoms with Crippen molar-refractivity contribution < 1.29 is 9.59 Å². The fourth-order valence-electron chi connectivity index (χ4n) is 3.01. The number of benzene rings is 2. The molecule has 0 aromatic heterocycles. The Morgan fingerprint density at radius 1 is 1.16 bits per heavy atom. The molecule has 2 aromatic rings. The zero-order chi connectivity index (χ0) is 18.0. The van der Waals surface area contributed by atoms with Gasteiger partial charge in [0.1, 0.15) is 0 Å². The van der Waals surface area contributed by atoms with Gasteiger partial charge in [-0.05, 0) is 60.4 Å². The molecule has 0 bridgehead atoms. The normalized spacial score (nSPS) is 15.4. The zero-order valence-electron chi connectivity index (χ0n) is 14.2. The van der Waals surface area contributed by atoms with E-state index in [1.54, 1.807) is 36.2 Å². The molecule has 6 heteroatoms. The van der Waals surface area contributed by atoms with Crippen LogP contribution in [0.5, 0.6) is 0 Å². The SMILES string of the molecule is CC(=O)N(C)c1ccc(NC(=O)NC2CCc3cc(Cl)ccc32)cc1. The number of hydrogen-bond donors (Lipinski definition) is 2. The number of aryl methyl sites for hydroxylation is 1. The topological polar surface area (TPSA) is 61.4 Å². The Balaban J connectivity index is 1.61. The lowest BCUT2D eigenvalue weighted by atomic mass is 10.1. The van der Waals surface area contributed by atoms with E-state index in [9.17, 15) is 9.59 Å². The number of fused-ring (bicyclic) bond motifs is 1. The van der Waals surface area contributed by atoms with E-state index in [1.807, 2.05) is 18.2 Å². The molecule has 0 saturated heterocycles. The number of nitrogens with zero attached hydrogens (tertiary/aromatic N) is 1. The van der Waals surface area contributed by atoms with E-state index in [0.29, 0.717) is 5.69 Å². The van der Waals surface area contributed by atoms with Crippen LogP contribution in [0.25, 0.3) is 0 Å². The highest BCUT2D eigenvalue weighted by Gasteiger charge is 2.24. The molecule has 25 heavy (non-hydrogen) atoms. The largest absolute Gasteiger partial charge is 0.331 e. The molecular formula is C19H20ClN3O2. The van der Waals surface area contributed by atoms with Crippen molar-refractivity contribution in [3.8, 4) is 0 Å². The summed E-state index contributed by atoms with van der Waals surface area (Å²) >= 11 is 6.01. The fourth-order valence-corrected chi connectivity index (χ4v) is 3.21. The summed E-state index contributed by atoms with van der Waals surface area (Å²) in [5.41, 5.74) is 3.76. The van der Waals surface area contributed by atoms with Crippen LogP contribution in [-0.2, 0) is 11.2 Å². The molecule has 0 radical (unpaired) electrons. The van der Waals surface area contributed by atoms with Crippen LogP contribution in [-0.4, -0.2) is 19.0 Å². The van der Waals surface area contributed by atoms with E-state index in [1.165, 1.54) is 12.5 Å². The van der Waals surface area contributed by atoms with E-state index in [2.05, 4.69) is 10.6 Å². The van der Waals surface area contributed by atoms with Gasteiger partial charge in [-0.3, -0.25) is 4.79 Å². The summed E-state index contributed by atoms with van der Waals surface area (Å²) in [5.74, 6) is -0.0431. The van der Waals surface area contributed by atoms with Crippen molar-refractivity contribution in [2.24, 2.45) is 0 Å². The first-order chi connectivity index (χ1) is 11.9. The fraction of sp³-hybridized carbons (Fsp3) is 0.263. The number of rotatable bonds is 3. The summed E-state index contributed by atoms with van der Waals surface area (Å²) in [7, 11) is 1.71. The van der Waals surface area contributed by atoms with Crippen molar-refractivity contribution in [1.82, 2.24) is 5.32 Å². The van der Waals surface area contributed by atoms with E-state index < -0.39 is 0 Å². The minimum Gasteiger partial charge on any atom is -0.331 e. The van der Waals surface area contributed by atoms with Crippen LogP contribution in [0.4, 0.5) is 16.2 Å². The molecule has 2 N–H and O–H groups in total. The molecule has 0 spiro atoms. The minimum absolute atomic E-state index is 0.00427. The van der Waals surface area contributed by atoms with Gasteiger partial charge in [-0.15, -0.1) is 0 Å². The quantitative estimate of drug-likeness (QED) is 0.867. The van der Waals surface area contributed by atoms with Gasteiger partial charge in [0.2, 0.25) is 5.91 Å². The Morgan fingerprint density at radius 3 is 2.56 bits per heavy atom. The van der Waals surface area contributed by atoms with Crippen molar-refractivity contribution >= 4 is 34.9 Å². The van der Waals surface area contributed by atoms with Gasteiger partial charge in [-0.2, -0.15) is 0 Å². The van der Waals surface area contributed by atoms with Crippen LogP contribution >= 0.6 is 11.6 Å². The number of carbonyl (C=O) groups is 2. The molecule has 130 valence electrons. The van der Waals surface area contributed by atoms with Crippen molar-refractivity contribution in [2.75, 3.05) is 17.3 Å². The average molecular weight is 358 g/mol. The number of urea groups is 1. The Hall–Kier alpha value is -2.53. The zero-order valence-corrected chi connectivity index (χ0v) is 14.9. The summed E-state index contributed by atoms with van der Waals surface area (Å²) in [6.45, 7) is 1.51. The molecule has 1 aliphatic carbocycles. The summed E-state index contributed by atoms with van der Waals surface area (Å²) in [6, 6.07) is 12.7. The Morgan fingerprint density at radius 2 is 1.88 bits per heavy atom. The highest BCUT2D eigenvalue weighted by molar-refractivity contribution is 6.30. The molecule has 2 aromatic carbocycles. The lowest BCUT2D eigenvalue weighted by Crippen LogP contribution is -2.31. The van der Waals surface area contributed by atoms with Crippen molar-refractivity contribution in [3.63, 3.8) is 0 Å². The van der Waals surface area contributed by atoms with Crippen molar-refractivity contribution in [2.45, 2.75) is 25.8 Å². The van der Waals surface area contributed by atoms with Crippen molar-refractivity contribution in [3.05, 3.63) is 58.6 Å². The maximum atomic E-state index is 12.3. The van der Waals surface area contributed by atoms with Gasteiger partial charge in [0.05, 0.1) is 6.04 Å². The molecular weight excluding hydrogens is 338 g/mol. The number of carbonyl (C=O) groups excluding carboxylic acids is 2. The standard InChI is InChI=1S/C19H20ClN3O2/c1-12(24)23(2)16-7-5-15(6-8-16)21-19(25)22-18-10-3-13-11-14(20)4-9-17(13)18/h4-9,11,18H,3,10H2,1-2H3,(H2,21,22,25). The van der Waals surface area contributed by atoms with Gasteiger partial charge in [-0.25, -0.2) is 4.79 Å². The molecule has 0 fully saturated rings. The second kappa shape index (κ2) is 7.15. The van der Waals surface area contributed by atoms with Gasteiger partial charge in [0.15, 0.2) is 0 Å². The number of amides is 3. The number of anilines is 2. The van der Waals surface area contributed by atoms with Gasteiger partial charge in [0.25, 0.3) is 0 Å².